The minimum Gasteiger partial charge on any atom is -0.439 e. The van der Waals surface area contributed by atoms with Gasteiger partial charge in [-0.25, -0.2) is 4.98 Å². The number of piperazine rings is 1. The maximum absolute atomic E-state index is 13.6. The van der Waals surface area contributed by atoms with E-state index in [0.29, 0.717) is 30.2 Å². The Morgan fingerprint density at radius 3 is 2.10 bits per heavy atom. The Bertz CT molecular complexity index is 1960. The summed E-state index contributed by atoms with van der Waals surface area (Å²) in [4.78, 5) is 34.6. The summed E-state index contributed by atoms with van der Waals surface area (Å²) in [5.41, 5.74) is 3.76. The lowest BCUT2D eigenvalue weighted by atomic mass is 9.87. The zero-order valence-corrected chi connectivity index (χ0v) is 30.0. The van der Waals surface area contributed by atoms with Crippen LogP contribution in [0, 0.1) is 0 Å². The van der Waals surface area contributed by atoms with Crippen LogP contribution in [0.2, 0.25) is 0 Å². The number of carbonyl (C=O) groups is 2. The normalized spacial score (nSPS) is 13.9. The van der Waals surface area contributed by atoms with Crippen molar-refractivity contribution in [1.29, 1.82) is 0 Å². The van der Waals surface area contributed by atoms with E-state index in [2.05, 4.69) is 60.2 Å². The fourth-order valence-electron chi connectivity index (χ4n) is 5.87. The van der Waals surface area contributed by atoms with E-state index in [-0.39, 0.29) is 39.7 Å². The fourth-order valence-corrected chi connectivity index (χ4v) is 5.87. The number of hydrogen-bond donors (Lipinski definition) is 1. The standard InChI is InChI=1S/C38H38F3N5O3.BrH/c1-37(2,3)28-10-5-25(6-11-28)24-45-17-19-46(20-18-45)36(48)33-21-27-9-15-31(22-32(27)44(33)4)49-34-16-14-30(23-42-34)43-35(47)26-7-12-29(13-8-26)38(39,40)41;/h5-16,21-23H,17-20,24H2,1-4H3,(H,43,47);1H. The number of carbonyl (C=O) groups excluding carboxylic acids is 2. The third-order valence-corrected chi connectivity index (χ3v) is 8.81. The molecule has 6 rings (SSSR count). The molecule has 1 saturated heterocycles. The Kier molecular flexibility index (Phi) is 10.7. The molecule has 5 aromatic rings. The molecule has 0 aliphatic carbocycles. The van der Waals surface area contributed by atoms with Crippen molar-refractivity contribution < 1.29 is 27.5 Å². The first kappa shape index (κ1) is 36.6. The molecule has 0 bridgehead atoms. The minimum atomic E-state index is -4.48. The average molecular weight is 751 g/mol. The summed E-state index contributed by atoms with van der Waals surface area (Å²) in [5.74, 6) is 0.227. The van der Waals surface area contributed by atoms with Gasteiger partial charge >= 0.3 is 6.18 Å². The quantitative estimate of drug-likeness (QED) is 0.181. The van der Waals surface area contributed by atoms with E-state index < -0.39 is 17.6 Å². The number of benzene rings is 3. The molecule has 3 heterocycles. The van der Waals surface area contributed by atoms with Crippen LogP contribution in [0.15, 0.2) is 91.1 Å². The van der Waals surface area contributed by atoms with Crippen LogP contribution in [0.1, 0.15) is 58.3 Å². The summed E-state index contributed by atoms with van der Waals surface area (Å²) in [5, 5.41) is 3.53. The van der Waals surface area contributed by atoms with Gasteiger partial charge in [-0.15, -0.1) is 17.0 Å². The van der Waals surface area contributed by atoms with Gasteiger partial charge in [0, 0.05) is 62.9 Å². The van der Waals surface area contributed by atoms with Crippen molar-refractivity contribution in [2.24, 2.45) is 7.05 Å². The summed E-state index contributed by atoms with van der Waals surface area (Å²) in [6.45, 7) is 10.4. The molecule has 3 aromatic carbocycles. The number of nitrogens with zero attached hydrogens (tertiary/aromatic N) is 4. The molecule has 1 fully saturated rings. The Labute approximate surface area is 299 Å². The molecule has 1 aliphatic heterocycles. The molecule has 8 nitrogen and oxygen atoms in total. The zero-order chi connectivity index (χ0) is 34.9. The van der Waals surface area contributed by atoms with E-state index in [9.17, 15) is 22.8 Å². The van der Waals surface area contributed by atoms with Crippen LogP contribution >= 0.6 is 17.0 Å². The Hall–Kier alpha value is -4.68. The summed E-state index contributed by atoms with van der Waals surface area (Å²) >= 11 is 0. The van der Waals surface area contributed by atoms with Gasteiger partial charge in [-0.1, -0.05) is 45.0 Å². The topological polar surface area (TPSA) is 79.7 Å². The number of pyridine rings is 1. The smallest absolute Gasteiger partial charge is 0.416 e. The monoisotopic (exact) mass is 749 g/mol. The number of aryl methyl sites for hydroxylation is 1. The summed E-state index contributed by atoms with van der Waals surface area (Å²) in [7, 11) is 1.86. The molecule has 2 aromatic heterocycles. The Morgan fingerprint density at radius 2 is 1.50 bits per heavy atom. The van der Waals surface area contributed by atoms with Crippen molar-refractivity contribution >= 4 is 45.4 Å². The lowest BCUT2D eigenvalue weighted by Gasteiger charge is -2.35. The summed E-state index contributed by atoms with van der Waals surface area (Å²) in [6, 6.07) is 23.4. The van der Waals surface area contributed by atoms with Crippen molar-refractivity contribution in [2.45, 2.75) is 38.9 Å². The van der Waals surface area contributed by atoms with Crippen LogP contribution in [-0.4, -0.2) is 57.3 Å². The summed E-state index contributed by atoms with van der Waals surface area (Å²) < 4.78 is 46.3. The highest BCUT2D eigenvalue weighted by Gasteiger charge is 2.30. The van der Waals surface area contributed by atoms with Crippen molar-refractivity contribution in [2.75, 3.05) is 31.5 Å². The molecule has 0 spiro atoms. The first-order chi connectivity index (χ1) is 23.2. The average Bonchev–Trinajstić information content (AvgIpc) is 3.40. The van der Waals surface area contributed by atoms with Crippen molar-refractivity contribution in [1.82, 2.24) is 19.4 Å². The van der Waals surface area contributed by atoms with E-state index in [4.69, 9.17) is 4.74 Å². The van der Waals surface area contributed by atoms with Gasteiger partial charge in [0.25, 0.3) is 11.8 Å². The molecule has 12 heteroatoms. The van der Waals surface area contributed by atoms with Crippen molar-refractivity contribution in [3.8, 4) is 11.6 Å². The maximum atomic E-state index is 13.6. The van der Waals surface area contributed by atoms with Crippen LogP contribution < -0.4 is 10.1 Å². The number of amides is 2. The van der Waals surface area contributed by atoms with Crippen molar-refractivity contribution in [3.63, 3.8) is 0 Å². The molecule has 262 valence electrons. The van der Waals surface area contributed by atoms with E-state index in [1.54, 1.807) is 18.2 Å². The predicted molar refractivity (Wildman–Crippen MR) is 193 cm³/mol. The van der Waals surface area contributed by atoms with Gasteiger partial charge in [-0.3, -0.25) is 14.5 Å². The number of ether oxygens (including phenoxy) is 1. The van der Waals surface area contributed by atoms with E-state index in [1.807, 2.05) is 34.7 Å². The Morgan fingerprint density at radius 1 is 0.840 bits per heavy atom. The van der Waals surface area contributed by atoms with Crippen molar-refractivity contribution in [3.05, 3.63) is 119 Å². The van der Waals surface area contributed by atoms with Crippen LogP contribution in [0.5, 0.6) is 11.6 Å². The van der Waals surface area contributed by atoms with E-state index in [0.717, 1.165) is 54.8 Å². The van der Waals surface area contributed by atoms with Gasteiger partial charge in [0.15, 0.2) is 0 Å². The molecule has 0 unspecified atom stereocenters. The highest BCUT2D eigenvalue weighted by atomic mass is 79.9. The lowest BCUT2D eigenvalue weighted by Crippen LogP contribution is -2.48. The molecule has 0 radical (unpaired) electrons. The molecular formula is C38H39BrF3N5O3. The third kappa shape index (κ3) is 8.36. The second-order valence-corrected chi connectivity index (χ2v) is 13.3. The van der Waals surface area contributed by atoms with Gasteiger partial charge in [0.05, 0.1) is 23.0 Å². The van der Waals surface area contributed by atoms with Gasteiger partial charge in [0.1, 0.15) is 11.4 Å². The zero-order valence-electron chi connectivity index (χ0n) is 28.3. The summed E-state index contributed by atoms with van der Waals surface area (Å²) in [6.07, 6.45) is -3.08. The van der Waals surface area contributed by atoms with Gasteiger partial charge in [0.2, 0.25) is 5.88 Å². The number of rotatable bonds is 7. The second-order valence-electron chi connectivity index (χ2n) is 13.3. The molecule has 1 N–H and O–H groups in total. The molecular weight excluding hydrogens is 711 g/mol. The molecule has 50 heavy (non-hydrogen) atoms. The molecule has 1 aliphatic rings. The van der Waals surface area contributed by atoms with E-state index in [1.165, 1.54) is 17.3 Å². The number of fused-ring (bicyclic) bond motifs is 1. The highest BCUT2D eigenvalue weighted by Crippen LogP contribution is 2.30. The largest absolute Gasteiger partial charge is 0.439 e. The van der Waals surface area contributed by atoms with Crippen LogP contribution in [-0.2, 0) is 25.2 Å². The van der Waals surface area contributed by atoms with Gasteiger partial charge in [-0.05, 0) is 65.1 Å². The number of nitrogens with one attached hydrogen (secondary N) is 1. The number of halogens is 4. The minimum absolute atomic E-state index is 0. The lowest BCUT2D eigenvalue weighted by molar-refractivity contribution is -0.137. The Balaban J connectivity index is 0.00000486. The molecule has 2 amide bonds. The number of hydrogen-bond acceptors (Lipinski definition) is 5. The highest BCUT2D eigenvalue weighted by molar-refractivity contribution is 8.93. The SMILES string of the molecule is Br.Cn1c(C(=O)N2CCN(Cc3ccc(C(C)(C)C)cc3)CC2)cc2ccc(Oc3ccc(NC(=O)c4ccc(C(F)(F)F)cc4)cn3)cc21. The third-order valence-electron chi connectivity index (χ3n) is 8.81. The first-order valence-corrected chi connectivity index (χ1v) is 16.1. The van der Waals surface area contributed by atoms with Crippen LogP contribution in [0.25, 0.3) is 10.9 Å². The number of anilines is 1. The van der Waals surface area contributed by atoms with Gasteiger partial charge in [-0.2, -0.15) is 13.2 Å². The first-order valence-electron chi connectivity index (χ1n) is 16.1. The van der Waals surface area contributed by atoms with E-state index >= 15 is 0 Å². The molecule has 0 saturated carbocycles. The predicted octanol–water partition coefficient (Wildman–Crippen LogP) is 8.47. The number of alkyl halides is 3. The van der Waals surface area contributed by atoms with Crippen LogP contribution in [0.4, 0.5) is 18.9 Å². The molecule has 0 atom stereocenters. The maximum Gasteiger partial charge on any atom is 0.416 e. The van der Waals surface area contributed by atoms with Crippen LogP contribution in [0.3, 0.4) is 0 Å². The number of aromatic nitrogens is 2. The second kappa shape index (κ2) is 14.7. The fraction of sp³-hybridized carbons (Fsp3) is 0.289. The van der Waals surface area contributed by atoms with Gasteiger partial charge < -0.3 is 19.5 Å².